The van der Waals surface area contributed by atoms with Crippen molar-refractivity contribution in [2.45, 2.75) is 27.4 Å². The van der Waals surface area contributed by atoms with Crippen LogP contribution in [0.15, 0.2) is 59.5 Å². The summed E-state index contributed by atoms with van der Waals surface area (Å²) in [5.74, 6) is 0.146. The van der Waals surface area contributed by atoms with Crippen LogP contribution in [0.25, 0.3) is 6.08 Å². The Bertz CT molecular complexity index is 1440. The first-order chi connectivity index (χ1) is 18.6. The number of hydrogen-bond acceptors (Lipinski definition) is 6. The number of hydrogen-bond donors (Lipinski definition) is 1. The minimum Gasteiger partial charge on any atom is -0.490 e. The van der Waals surface area contributed by atoms with E-state index in [-0.39, 0.29) is 11.4 Å². The first-order valence-electron chi connectivity index (χ1n) is 12.1. The number of carbonyl (C=O) groups is 3. The van der Waals surface area contributed by atoms with E-state index in [2.05, 4.69) is 27.9 Å². The summed E-state index contributed by atoms with van der Waals surface area (Å²) >= 11 is 8.92. The Labute approximate surface area is 250 Å². The van der Waals surface area contributed by atoms with Gasteiger partial charge in [0, 0.05) is 10.7 Å². The van der Waals surface area contributed by atoms with Crippen molar-refractivity contribution in [3.8, 4) is 11.5 Å². The first kappa shape index (κ1) is 29.0. The third kappa shape index (κ3) is 7.55. The SMILES string of the molecule is CCOc1cc(/C=C2/SC(=O)N(CC(=O)Nc3cc(C)cc(C)c3)C2=O)cc(I)c1OCc1ccc(Cl)cc1. The van der Waals surface area contributed by atoms with Gasteiger partial charge in [-0.1, -0.05) is 29.8 Å². The van der Waals surface area contributed by atoms with Gasteiger partial charge < -0.3 is 14.8 Å². The van der Waals surface area contributed by atoms with Crippen LogP contribution in [0.5, 0.6) is 11.5 Å². The Morgan fingerprint density at radius 2 is 1.74 bits per heavy atom. The van der Waals surface area contributed by atoms with E-state index in [1.807, 2.05) is 57.2 Å². The first-order valence-corrected chi connectivity index (χ1v) is 14.4. The van der Waals surface area contributed by atoms with Crippen molar-refractivity contribution in [1.82, 2.24) is 4.90 Å². The van der Waals surface area contributed by atoms with Gasteiger partial charge in [-0.3, -0.25) is 19.3 Å². The van der Waals surface area contributed by atoms with E-state index in [9.17, 15) is 14.4 Å². The molecule has 1 aliphatic heterocycles. The molecule has 0 spiro atoms. The molecule has 1 aliphatic rings. The molecule has 7 nitrogen and oxygen atoms in total. The highest BCUT2D eigenvalue weighted by Gasteiger charge is 2.36. The Balaban J connectivity index is 1.48. The largest absolute Gasteiger partial charge is 0.490 e. The van der Waals surface area contributed by atoms with E-state index in [0.717, 1.165) is 36.9 Å². The minimum absolute atomic E-state index is 0.229. The zero-order valence-corrected chi connectivity index (χ0v) is 25.3. The number of nitrogens with one attached hydrogen (secondary N) is 1. The fourth-order valence-electron chi connectivity index (χ4n) is 3.99. The van der Waals surface area contributed by atoms with Crippen molar-refractivity contribution in [2.75, 3.05) is 18.5 Å². The predicted octanol–water partition coefficient (Wildman–Crippen LogP) is 7.21. The molecule has 10 heteroatoms. The van der Waals surface area contributed by atoms with Crippen molar-refractivity contribution in [1.29, 1.82) is 0 Å². The van der Waals surface area contributed by atoms with Crippen LogP contribution in [0.2, 0.25) is 5.02 Å². The molecule has 0 aliphatic carbocycles. The van der Waals surface area contributed by atoms with E-state index in [1.54, 1.807) is 24.3 Å². The Hall–Kier alpha value is -3.02. The molecule has 39 heavy (non-hydrogen) atoms. The molecule has 0 radical (unpaired) electrons. The van der Waals surface area contributed by atoms with Crippen LogP contribution in [0, 0.1) is 17.4 Å². The number of anilines is 1. The van der Waals surface area contributed by atoms with Crippen LogP contribution >= 0.6 is 46.0 Å². The number of amides is 3. The highest BCUT2D eigenvalue weighted by atomic mass is 127. The Kier molecular flexibility index (Phi) is 9.58. The lowest BCUT2D eigenvalue weighted by atomic mass is 10.1. The molecular weight excluding hydrogens is 651 g/mol. The number of carbonyl (C=O) groups excluding carboxylic acids is 3. The van der Waals surface area contributed by atoms with Gasteiger partial charge in [0.2, 0.25) is 5.91 Å². The lowest BCUT2D eigenvalue weighted by molar-refractivity contribution is -0.127. The zero-order valence-electron chi connectivity index (χ0n) is 21.5. The molecule has 0 aromatic heterocycles. The number of benzene rings is 3. The van der Waals surface area contributed by atoms with E-state index in [0.29, 0.717) is 41.0 Å². The highest BCUT2D eigenvalue weighted by Crippen LogP contribution is 2.38. The maximum Gasteiger partial charge on any atom is 0.294 e. The number of thioether (sulfide) groups is 1. The van der Waals surface area contributed by atoms with Crippen LogP contribution in [0.1, 0.15) is 29.2 Å². The summed E-state index contributed by atoms with van der Waals surface area (Å²) in [5.41, 5.74) is 4.25. The quantitative estimate of drug-likeness (QED) is 0.191. The van der Waals surface area contributed by atoms with Gasteiger partial charge in [-0.05, 0) is 120 Å². The summed E-state index contributed by atoms with van der Waals surface area (Å²) < 4.78 is 12.7. The molecule has 3 amide bonds. The Morgan fingerprint density at radius 1 is 1.05 bits per heavy atom. The topological polar surface area (TPSA) is 84.9 Å². The van der Waals surface area contributed by atoms with Gasteiger partial charge in [0.25, 0.3) is 11.1 Å². The van der Waals surface area contributed by atoms with Gasteiger partial charge in [-0.2, -0.15) is 0 Å². The maximum atomic E-state index is 13.0. The number of nitrogens with zero attached hydrogens (tertiary/aromatic N) is 1. The molecule has 3 aromatic rings. The van der Waals surface area contributed by atoms with Crippen LogP contribution < -0.4 is 14.8 Å². The van der Waals surface area contributed by atoms with Crippen LogP contribution in [0.3, 0.4) is 0 Å². The number of halogens is 2. The molecule has 1 saturated heterocycles. The molecular formula is C29H26ClIN2O5S. The minimum atomic E-state index is -0.517. The normalized spacial score (nSPS) is 14.2. The number of rotatable bonds is 9. The molecule has 0 unspecified atom stereocenters. The molecule has 1 fully saturated rings. The van der Waals surface area contributed by atoms with Gasteiger partial charge in [-0.15, -0.1) is 0 Å². The van der Waals surface area contributed by atoms with Crippen LogP contribution in [-0.2, 0) is 16.2 Å². The molecule has 1 N–H and O–H groups in total. The van der Waals surface area contributed by atoms with Gasteiger partial charge in [0.15, 0.2) is 11.5 Å². The monoisotopic (exact) mass is 676 g/mol. The highest BCUT2D eigenvalue weighted by molar-refractivity contribution is 14.1. The van der Waals surface area contributed by atoms with E-state index in [1.165, 1.54) is 0 Å². The summed E-state index contributed by atoms with van der Waals surface area (Å²) in [6, 6.07) is 16.7. The number of imide groups is 1. The van der Waals surface area contributed by atoms with Gasteiger partial charge in [-0.25, -0.2) is 0 Å². The lowest BCUT2D eigenvalue weighted by Gasteiger charge is -2.15. The van der Waals surface area contributed by atoms with E-state index < -0.39 is 17.1 Å². The summed E-state index contributed by atoms with van der Waals surface area (Å²) in [6.07, 6.45) is 1.63. The van der Waals surface area contributed by atoms with Crippen molar-refractivity contribution in [3.05, 3.63) is 90.3 Å². The summed E-state index contributed by atoms with van der Waals surface area (Å²) in [6.45, 7) is 6.12. The fraction of sp³-hybridized carbons (Fsp3) is 0.207. The molecule has 0 bridgehead atoms. The van der Waals surface area contributed by atoms with Crippen molar-refractivity contribution < 1.29 is 23.9 Å². The molecule has 3 aromatic carbocycles. The summed E-state index contributed by atoms with van der Waals surface area (Å²) in [4.78, 5) is 39.4. The predicted molar refractivity (Wildman–Crippen MR) is 163 cm³/mol. The average Bonchev–Trinajstić information content (AvgIpc) is 3.11. The van der Waals surface area contributed by atoms with Gasteiger partial charge in [0.1, 0.15) is 13.2 Å². The zero-order chi connectivity index (χ0) is 28.1. The van der Waals surface area contributed by atoms with E-state index in [4.69, 9.17) is 21.1 Å². The van der Waals surface area contributed by atoms with Gasteiger partial charge >= 0.3 is 0 Å². The van der Waals surface area contributed by atoms with Crippen LogP contribution in [-0.4, -0.2) is 35.1 Å². The van der Waals surface area contributed by atoms with Crippen molar-refractivity contribution >= 4 is 74.8 Å². The molecule has 0 atom stereocenters. The third-order valence-corrected chi connectivity index (χ3v) is 7.57. The standard InChI is InChI=1S/C29H26ClIN2O5S/c1-4-37-24-13-20(12-23(31)27(24)38-16-19-5-7-21(30)8-6-19)14-25-28(35)33(29(36)39-25)15-26(34)32-22-10-17(2)9-18(3)11-22/h5-14H,4,15-16H2,1-3H3,(H,32,34)/b25-14+. The molecule has 202 valence electrons. The second-order valence-corrected chi connectivity index (χ2v) is 11.5. The Morgan fingerprint density at radius 3 is 2.41 bits per heavy atom. The number of ether oxygens (including phenoxy) is 2. The molecule has 0 saturated carbocycles. The average molecular weight is 677 g/mol. The number of aryl methyl sites for hydroxylation is 2. The molecule has 1 heterocycles. The lowest BCUT2D eigenvalue weighted by Crippen LogP contribution is -2.36. The molecule has 4 rings (SSSR count). The third-order valence-electron chi connectivity index (χ3n) is 5.61. The van der Waals surface area contributed by atoms with Gasteiger partial charge in [0.05, 0.1) is 15.1 Å². The smallest absolute Gasteiger partial charge is 0.294 e. The fourth-order valence-corrected chi connectivity index (χ4v) is 5.73. The van der Waals surface area contributed by atoms with Crippen molar-refractivity contribution in [3.63, 3.8) is 0 Å². The van der Waals surface area contributed by atoms with Crippen molar-refractivity contribution in [2.24, 2.45) is 0 Å². The summed E-state index contributed by atoms with van der Waals surface area (Å²) in [5, 5.41) is 2.92. The van der Waals surface area contributed by atoms with Crippen LogP contribution in [0.4, 0.5) is 10.5 Å². The second kappa shape index (κ2) is 12.9. The second-order valence-electron chi connectivity index (χ2n) is 8.87. The van der Waals surface area contributed by atoms with E-state index >= 15 is 0 Å². The maximum absolute atomic E-state index is 13.0. The summed E-state index contributed by atoms with van der Waals surface area (Å²) in [7, 11) is 0.